The number of nitrogens with zero attached hydrogens (tertiary/aromatic N) is 5. The zero-order valence-electron chi connectivity index (χ0n) is 16.8. The Balaban J connectivity index is 1.81. The summed E-state index contributed by atoms with van der Waals surface area (Å²) in [6, 6.07) is 11.8. The zero-order chi connectivity index (χ0) is 21.7. The molecule has 0 saturated carbocycles. The Morgan fingerprint density at radius 3 is 2.71 bits per heavy atom. The van der Waals surface area contributed by atoms with Crippen LogP contribution < -0.4 is 0 Å². The highest BCUT2D eigenvalue weighted by molar-refractivity contribution is 6.42. The van der Waals surface area contributed by atoms with Gasteiger partial charge in [-0.15, -0.1) is 0 Å². The lowest BCUT2D eigenvalue weighted by molar-refractivity contribution is 0.239. The van der Waals surface area contributed by atoms with E-state index in [9.17, 15) is 4.39 Å². The number of ether oxygens (including phenoxy) is 1. The second-order valence-electron chi connectivity index (χ2n) is 7.37. The fourth-order valence-corrected chi connectivity index (χ4v) is 4.67. The van der Waals surface area contributed by atoms with Crippen LogP contribution in [0.2, 0.25) is 10.0 Å². The third-order valence-electron chi connectivity index (χ3n) is 5.61. The van der Waals surface area contributed by atoms with Crippen molar-refractivity contribution in [1.29, 1.82) is 0 Å². The second-order valence-corrected chi connectivity index (χ2v) is 8.16. The number of hydrogen-bond donors (Lipinski definition) is 0. The highest BCUT2D eigenvalue weighted by Gasteiger charge is 2.40. The largest absolute Gasteiger partial charge is 0.379 e. The molecular weight excluding hydrogens is 440 g/mol. The topological polar surface area (TPSA) is 57.2 Å². The number of halogens is 3. The van der Waals surface area contributed by atoms with Gasteiger partial charge < -0.3 is 9.30 Å². The molecular formula is C22H18Cl2FN5O. The molecule has 0 spiro atoms. The smallest absolute Gasteiger partial charge is 0.151 e. The Hall–Kier alpha value is -2.74. The van der Waals surface area contributed by atoms with E-state index >= 15 is 0 Å². The Kier molecular flexibility index (Phi) is 5.04. The molecule has 0 aliphatic carbocycles. The average Bonchev–Trinajstić information content (AvgIpc) is 3.35. The number of imidazole rings is 1. The van der Waals surface area contributed by atoms with Crippen molar-refractivity contribution in [3.05, 3.63) is 75.9 Å². The molecule has 158 valence electrons. The molecule has 3 heterocycles. The zero-order valence-corrected chi connectivity index (χ0v) is 18.3. The quantitative estimate of drug-likeness (QED) is 0.416. The summed E-state index contributed by atoms with van der Waals surface area (Å²) in [6.07, 6.45) is 1.69. The van der Waals surface area contributed by atoms with Gasteiger partial charge in [-0.2, -0.15) is 5.10 Å². The Bertz CT molecular complexity index is 1330. The summed E-state index contributed by atoms with van der Waals surface area (Å²) in [7, 11) is 3.48. The summed E-state index contributed by atoms with van der Waals surface area (Å²) >= 11 is 13.0. The highest BCUT2D eigenvalue weighted by Crippen LogP contribution is 2.45. The lowest BCUT2D eigenvalue weighted by Gasteiger charge is -2.33. The summed E-state index contributed by atoms with van der Waals surface area (Å²) in [5.74, 6) is 0.532. The lowest BCUT2D eigenvalue weighted by atomic mass is 9.87. The van der Waals surface area contributed by atoms with E-state index in [-0.39, 0.29) is 12.4 Å². The Morgan fingerprint density at radius 2 is 1.94 bits per heavy atom. The average molecular weight is 458 g/mol. The van der Waals surface area contributed by atoms with Crippen molar-refractivity contribution in [2.45, 2.75) is 12.0 Å². The van der Waals surface area contributed by atoms with Gasteiger partial charge in [-0.05, 0) is 23.8 Å². The molecule has 0 bridgehead atoms. The molecule has 0 radical (unpaired) electrons. The van der Waals surface area contributed by atoms with Crippen LogP contribution >= 0.6 is 23.2 Å². The molecule has 2 aromatic heterocycles. The number of fused-ring (bicyclic) bond motifs is 2. The van der Waals surface area contributed by atoms with Gasteiger partial charge in [0, 0.05) is 20.2 Å². The minimum atomic E-state index is -0.403. The van der Waals surface area contributed by atoms with Crippen molar-refractivity contribution in [3.8, 4) is 0 Å². The summed E-state index contributed by atoms with van der Waals surface area (Å²) < 4.78 is 23.7. The monoisotopic (exact) mass is 457 g/mol. The summed E-state index contributed by atoms with van der Waals surface area (Å²) in [5.41, 5.74) is 2.52. The number of hydrogen-bond acceptors (Lipinski definition) is 4. The first kappa shape index (κ1) is 20.2. The van der Waals surface area contributed by atoms with E-state index in [1.165, 1.54) is 6.07 Å². The highest BCUT2D eigenvalue weighted by atomic mass is 35.5. The van der Waals surface area contributed by atoms with Crippen LogP contribution in [0.25, 0.3) is 11.0 Å². The molecule has 2 unspecified atom stereocenters. The van der Waals surface area contributed by atoms with Gasteiger partial charge in [0.05, 0.1) is 46.0 Å². The number of aliphatic imine (C=N–C) groups is 1. The predicted octanol–water partition coefficient (Wildman–Crippen LogP) is 5.32. The summed E-state index contributed by atoms with van der Waals surface area (Å²) in [5, 5.41) is 5.39. The van der Waals surface area contributed by atoms with Crippen LogP contribution in [0.3, 0.4) is 0 Å². The standard InChI is InChI=1S/C22H18Cl2FN5O/c1-29-16-8-4-7-14(25)20(16)28-22(29)18-15(11-31-2)27-17-9-10-26-30(17)21(18)12-5-3-6-13(23)19(12)24/h3-10,18,21H,11H2,1-2H3. The summed E-state index contributed by atoms with van der Waals surface area (Å²) in [6.45, 7) is 0.274. The number of benzene rings is 2. The molecule has 0 saturated heterocycles. The number of para-hydroxylation sites is 1. The third kappa shape index (κ3) is 3.15. The molecule has 31 heavy (non-hydrogen) atoms. The molecule has 1 aliphatic rings. The van der Waals surface area contributed by atoms with Crippen LogP contribution in [0.15, 0.2) is 53.7 Å². The van der Waals surface area contributed by atoms with E-state index in [1.807, 2.05) is 35.9 Å². The minimum absolute atomic E-state index is 0.274. The molecule has 4 aromatic rings. The molecule has 0 N–H and O–H groups in total. The molecule has 2 aromatic carbocycles. The fraction of sp³-hybridized carbons (Fsp3) is 0.227. The number of rotatable bonds is 4. The normalized spacial score (nSPS) is 18.3. The first-order valence-electron chi connectivity index (χ1n) is 9.66. The maximum atomic E-state index is 14.5. The van der Waals surface area contributed by atoms with Gasteiger partial charge in [0.25, 0.3) is 0 Å². The van der Waals surface area contributed by atoms with Crippen molar-refractivity contribution in [2.75, 3.05) is 13.7 Å². The fourth-order valence-electron chi connectivity index (χ4n) is 4.25. The van der Waals surface area contributed by atoms with Gasteiger partial charge in [-0.1, -0.05) is 41.4 Å². The Morgan fingerprint density at radius 1 is 1.13 bits per heavy atom. The van der Waals surface area contributed by atoms with E-state index < -0.39 is 12.0 Å². The van der Waals surface area contributed by atoms with E-state index in [0.29, 0.717) is 32.7 Å². The first-order valence-corrected chi connectivity index (χ1v) is 10.4. The van der Waals surface area contributed by atoms with Gasteiger partial charge in [0.15, 0.2) is 11.6 Å². The van der Waals surface area contributed by atoms with E-state index in [4.69, 9.17) is 32.9 Å². The van der Waals surface area contributed by atoms with Crippen LogP contribution in [0.4, 0.5) is 10.2 Å². The molecule has 1 aliphatic heterocycles. The van der Waals surface area contributed by atoms with Crippen LogP contribution in [-0.2, 0) is 11.8 Å². The van der Waals surface area contributed by atoms with Crippen molar-refractivity contribution in [2.24, 2.45) is 12.0 Å². The maximum Gasteiger partial charge on any atom is 0.151 e. The van der Waals surface area contributed by atoms with Crippen molar-refractivity contribution >= 4 is 45.8 Å². The molecule has 9 heteroatoms. The lowest BCUT2D eigenvalue weighted by Crippen LogP contribution is -2.34. The second kappa shape index (κ2) is 7.75. The van der Waals surface area contributed by atoms with Gasteiger partial charge in [-0.25, -0.2) is 19.0 Å². The van der Waals surface area contributed by atoms with Crippen LogP contribution in [0, 0.1) is 5.82 Å². The first-order chi connectivity index (χ1) is 15.0. The van der Waals surface area contributed by atoms with Gasteiger partial charge in [0.2, 0.25) is 0 Å². The van der Waals surface area contributed by atoms with Crippen LogP contribution in [0.5, 0.6) is 0 Å². The number of methoxy groups -OCH3 is 1. The minimum Gasteiger partial charge on any atom is -0.379 e. The van der Waals surface area contributed by atoms with Gasteiger partial charge in [0.1, 0.15) is 11.3 Å². The molecule has 5 rings (SSSR count). The third-order valence-corrected chi connectivity index (χ3v) is 6.45. The SMILES string of the molecule is COCC1=Nc2ccnn2C(c2cccc(Cl)c2Cl)C1c1nc2c(F)cccc2n1C. The van der Waals surface area contributed by atoms with Crippen molar-refractivity contribution < 1.29 is 9.13 Å². The van der Waals surface area contributed by atoms with Crippen molar-refractivity contribution in [1.82, 2.24) is 19.3 Å². The van der Waals surface area contributed by atoms with Crippen LogP contribution in [-0.4, -0.2) is 38.8 Å². The molecule has 0 amide bonds. The van der Waals surface area contributed by atoms with Gasteiger partial charge in [-0.3, -0.25) is 0 Å². The summed E-state index contributed by atoms with van der Waals surface area (Å²) in [4.78, 5) is 9.47. The van der Waals surface area contributed by atoms with Gasteiger partial charge >= 0.3 is 0 Å². The predicted molar refractivity (Wildman–Crippen MR) is 119 cm³/mol. The molecule has 6 nitrogen and oxygen atoms in total. The number of aryl methyl sites for hydroxylation is 1. The van der Waals surface area contributed by atoms with E-state index in [2.05, 4.69) is 10.1 Å². The maximum absolute atomic E-state index is 14.5. The number of aromatic nitrogens is 4. The Labute approximate surface area is 187 Å². The van der Waals surface area contributed by atoms with E-state index in [1.54, 1.807) is 30.1 Å². The molecule has 2 atom stereocenters. The van der Waals surface area contributed by atoms with E-state index in [0.717, 1.165) is 11.3 Å². The van der Waals surface area contributed by atoms with Crippen LogP contribution in [0.1, 0.15) is 23.3 Å². The molecule has 0 fully saturated rings. The van der Waals surface area contributed by atoms with Crippen molar-refractivity contribution in [3.63, 3.8) is 0 Å².